The highest BCUT2D eigenvalue weighted by atomic mass is 32.2. The smallest absolute Gasteiger partial charge is 0.247 e. The number of anilines is 2. The van der Waals surface area contributed by atoms with Crippen molar-refractivity contribution >= 4 is 73.9 Å². The molecule has 0 spiro atoms. The maximum atomic E-state index is 13.6. The number of amides is 1. The van der Waals surface area contributed by atoms with Crippen molar-refractivity contribution in [1.82, 2.24) is 0 Å². The summed E-state index contributed by atoms with van der Waals surface area (Å²) in [4.78, 5) is 15.3. The van der Waals surface area contributed by atoms with Crippen LogP contribution < -0.4 is 10.2 Å². The Balaban J connectivity index is 1.62. The van der Waals surface area contributed by atoms with Crippen LogP contribution in [0.25, 0.3) is 0 Å². The average Bonchev–Trinajstić information content (AvgIpc) is 3.08. The second-order valence-corrected chi connectivity index (χ2v) is 11.0. The van der Waals surface area contributed by atoms with E-state index in [2.05, 4.69) is 5.32 Å². The molecule has 1 fully saturated rings. The Hall–Kier alpha value is -2.19. The Kier molecular flexibility index (Phi) is 7.30. The van der Waals surface area contributed by atoms with Crippen molar-refractivity contribution in [2.45, 2.75) is 24.3 Å². The minimum Gasteiger partial charge on any atom is -0.341 e. The van der Waals surface area contributed by atoms with Gasteiger partial charge in [0.1, 0.15) is 13.9 Å². The van der Waals surface area contributed by atoms with Gasteiger partial charge in [-0.05, 0) is 42.7 Å². The lowest BCUT2D eigenvalue weighted by atomic mass is 10.1. The van der Waals surface area contributed by atoms with Crippen LogP contribution in [0.2, 0.25) is 0 Å². The standard InChI is InChI=1S/C25H22N2OS4/c1-16-10-6-8-14-19(16)26-24(29)31-21(18-12-4-3-5-13-18)22-23(28)27(25(30)32-22)20-15-9-7-11-17(20)2/h3-15,21-22H,1-2H3,(H,26,29)/t21-,22+/m0/s1. The number of thioether (sulfide) groups is 2. The molecule has 1 aliphatic rings. The molecule has 162 valence electrons. The van der Waals surface area contributed by atoms with Gasteiger partial charge in [0.25, 0.3) is 0 Å². The van der Waals surface area contributed by atoms with Crippen LogP contribution in [0, 0.1) is 13.8 Å². The molecule has 1 heterocycles. The highest BCUT2D eigenvalue weighted by molar-refractivity contribution is 8.27. The Bertz CT molecular complexity index is 1170. The lowest BCUT2D eigenvalue weighted by Crippen LogP contribution is -2.34. The van der Waals surface area contributed by atoms with Crippen molar-refractivity contribution in [3.8, 4) is 0 Å². The van der Waals surface area contributed by atoms with Gasteiger partial charge in [0, 0.05) is 5.69 Å². The van der Waals surface area contributed by atoms with E-state index in [1.165, 1.54) is 23.5 Å². The van der Waals surface area contributed by atoms with Gasteiger partial charge >= 0.3 is 0 Å². The van der Waals surface area contributed by atoms with E-state index < -0.39 is 0 Å². The number of carbonyl (C=O) groups excluding carboxylic acids is 1. The molecule has 1 aliphatic heterocycles. The highest BCUT2D eigenvalue weighted by Crippen LogP contribution is 2.45. The Labute approximate surface area is 208 Å². The summed E-state index contributed by atoms with van der Waals surface area (Å²) < 4.78 is 1.20. The molecule has 0 aromatic heterocycles. The van der Waals surface area contributed by atoms with Crippen LogP contribution in [-0.4, -0.2) is 19.8 Å². The van der Waals surface area contributed by atoms with Gasteiger partial charge in [0.05, 0.1) is 10.9 Å². The second kappa shape index (κ2) is 10.2. The topological polar surface area (TPSA) is 32.3 Å². The zero-order chi connectivity index (χ0) is 22.7. The summed E-state index contributed by atoms with van der Waals surface area (Å²) in [6.45, 7) is 4.03. The van der Waals surface area contributed by atoms with Crippen molar-refractivity contribution in [2.24, 2.45) is 0 Å². The predicted octanol–water partition coefficient (Wildman–Crippen LogP) is 6.91. The maximum Gasteiger partial charge on any atom is 0.247 e. The van der Waals surface area contributed by atoms with Crippen LogP contribution in [0.3, 0.4) is 0 Å². The molecule has 0 aliphatic carbocycles. The molecule has 0 radical (unpaired) electrons. The average molecular weight is 495 g/mol. The van der Waals surface area contributed by atoms with Gasteiger partial charge in [0.2, 0.25) is 5.91 Å². The van der Waals surface area contributed by atoms with E-state index in [0.29, 0.717) is 8.64 Å². The van der Waals surface area contributed by atoms with Crippen molar-refractivity contribution in [3.05, 3.63) is 95.6 Å². The number of para-hydroxylation sites is 2. The van der Waals surface area contributed by atoms with Crippen LogP contribution in [0.1, 0.15) is 21.9 Å². The van der Waals surface area contributed by atoms with Gasteiger partial charge in [-0.1, -0.05) is 115 Å². The molecule has 2 atom stereocenters. The fraction of sp³-hybridized carbons (Fsp3) is 0.160. The summed E-state index contributed by atoms with van der Waals surface area (Å²) in [6.07, 6.45) is 0. The van der Waals surface area contributed by atoms with E-state index in [1.54, 1.807) is 4.90 Å². The van der Waals surface area contributed by atoms with Crippen molar-refractivity contribution in [3.63, 3.8) is 0 Å². The SMILES string of the molecule is Cc1ccccc1NC(=S)S[C@@H](c1ccccc1)[C@H]1SC(=S)N(c2ccccc2C)C1=O. The molecule has 3 aromatic carbocycles. The zero-order valence-electron chi connectivity index (χ0n) is 17.6. The molecule has 0 saturated carbocycles. The van der Waals surface area contributed by atoms with Gasteiger partial charge in [0.15, 0.2) is 0 Å². The number of thiocarbonyl (C=S) groups is 2. The van der Waals surface area contributed by atoms with E-state index >= 15 is 0 Å². The molecule has 0 unspecified atom stereocenters. The third-order valence-electron chi connectivity index (χ3n) is 5.25. The monoisotopic (exact) mass is 494 g/mol. The number of nitrogens with one attached hydrogen (secondary N) is 1. The van der Waals surface area contributed by atoms with Crippen molar-refractivity contribution in [2.75, 3.05) is 10.2 Å². The number of hydrogen-bond acceptors (Lipinski definition) is 5. The van der Waals surface area contributed by atoms with Crippen LogP contribution in [-0.2, 0) is 4.79 Å². The summed E-state index contributed by atoms with van der Waals surface area (Å²) >= 11 is 14.3. The molecule has 7 heteroatoms. The molecule has 3 aromatic rings. The molecule has 0 bridgehead atoms. The lowest BCUT2D eigenvalue weighted by Gasteiger charge is -2.23. The van der Waals surface area contributed by atoms with E-state index in [0.717, 1.165) is 28.1 Å². The summed E-state index contributed by atoms with van der Waals surface area (Å²) in [6, 6.07) is 25.9. The molecule has 3 nitrogen and oxygen atoms in total. The van der Waals surface area contributed by atoms with E-state index in [1.807, 2.05) is 92.7 Å². The summed E-state index contributed by atoms with van der Waals surface area (Å²) in [7, 11) is 0. The van der Waals surface area contributed by atoms with Crippen LogP contribution in [0.5, 0.6) is 0 Å². The molecular formula is C25H22N2OS4. The van der Waals surface area contributed by atoms with E-state index in [9.17, 15) is 4.79 Å². The van der Waals surface area contributed by atoms with Gasteiger partial charge in [-0.3, -0.25) is 9.69 Å². The Morgan fingerprint density at radius 1 is 0.969 bits per heavy atom. The molecule has 4 rings (SSSR count). The van der Waals surface area contributed by atoms with Crippen LogP contribution in [0.15, 0.2) is 78.9 Å². The van der Waals surface area contributed by atoms with E-state index in [-0.39, 0.29) is 16.4 Å². The largest absolute Gasteiger partial charge is 0.341 e. The van der Waals surface area contributed by atoms with Crippen molar-refractivity contribution in [1.29, 1.82) is 0 Å². The summed E-state index contributed by atoms with van der Waals surface area (Å²) in [5, 5.41) is 2.79. The van der Waals surface area contributed by atoms with E-state index in [4.69, 9.17) is 24.4 Å². The van der Waals surface area contributed by atoms with Crippen LogP contribution in [0.4, 0.5) is 11.4 Å². The highest BCUT2D eigenvalue weighted by Gasteiger charge is 2.44. The first-order valence-corrected chi connectivity index (χ1v) is 12.7. The van der Waals surface area contributed by atoms with Gasteiger partial charge in [-0.25, -0.2) is 0 Å². The molecule has 1 N–H and O–H groups in total. The van der Waals surface area contributed by atoms with Crippen molar-refractivity contribution < 1.29 is 4.79 Å². The van der Waals surface area contributed by atoms with Gasteiger partial charge in [-0.15, -0.1) is 0 Å². The first-order valence-electron chi connectivity index (χ1n) is 10.1. The molecule has 1 amide bonds. The Morgan fingerprint density at radius 2 is 1.59 bits per heavy atom. The second-order valence-electron chi connectivity index (χ2n) is 7.44. The first-order chi connectivity index (χ1) is 15.5. The lowest BCUT2D eigenvalue weighted by molar-refractivity contribution is -0.116. The molecule has 1 saturated heterocycles. The number of hydrogen-bond donors (Lipinski definition) is 1. The molecule has 32 heavy (non-hydrogen) atoms. The summed E-state index contributed by atoms with van der Waals surface area (Å²) in [5.41, 5.74) is 5.00. The number of rotatable bonds is 5. The number of nitrogens with zero attached hydrogens (tertiary/aromatic N) is 1. The summed E-state index contributed by atoms with van der Waals surface area (Å²) in [5.74, 6) is -0.00524. The zero-order valence-corrected chi connectivity index (χ0v) is 20.9. The Morgan fingerprint density at radius 3 is 2.28 bits per heavy atom. The number of benzene rings is 3. The molecular weight excluding hydrogens is 473 g/mol. The van der Waals surface area contributed by atoms with Gasteiger partial charge < -0.3 is 5.32 Å². The maximum absolute atomic E-state index is 13.6. The quantitative estimate of drug-likeness (QED) is 0.388. The third-order valence-corrected chi connectivity index (χ3v) is 8.51. The minimum atomic E-state index is -0.369. The fourth-order valence-corrected chi connectivity index (χ4v) is 6.75. The predicted molar refractivity (Wildman–Crippen MR) is 147 cm³/mol. The van der Waals surface area contributed by atoms with Gasteiger partial charge in [-0.2, -0.15) is 0 Å². The number of carbonyl (C=O) groups is 1. The normalized spacial score (nSPS) is 16.8. The number of aryl methyl sites for hydroxylation is 2. The van der Waals surface area contributed by atoms with Crippen LogP contribution >= 0.6 is 48.0 Å². The fourth-order valence-electron chi connectivity index (χ4n) is 3.57. The first kappa shape index (κ1) is 23.0. The minimum absolute atomic E-state index is 0.00524. The third kappa shape index (κ3) is 4.91.